The van der Waals surface area contributed by atoms with Gasteiger partial charge in [0.05, 0.1) is 11.3 Å². The molecule has 0 saturated heterocycles. The fraction of sp³-hybridized carbons (Fsp3) is 0.0588. The first-order chi connectivity index (χ1) is 12.5. The fourth-order valence-electron chi connectivity index (χ4n) is 2.19. The maximum Gasteiger partial charge on any atom is 0.442 e. The molecule has 9 heteroatoms. The van der Waals surface area contributed by atoms with Crippen LogP contribution >= 0.6 is 11.8 Å². The number of rotatable bonds is 6. The third kappa shape index (κ3) is 4.01. The van der Waals surface area contributed by atoms with Gasteiger partial charge in [-0.15, -0.1) is 0 Å². The number of carbonyl (C=O) groups excluding carboxylic acids is 1. The van der Waals surface area contributed by atoms with Crippen LogP contribution in [0.4, 0.5) is 5.69 Å². The first-order valence-electron chi connectivity index (χ1n) is 7.49. The second-order valence-corrected chi connectivity index (χ2v) is 6.14. The maximum atomic E-state index is 12.1. The minimum atomic E-state index is -1.08. The summed E-state index contributed by atoms with van der Waals surface area (Å²) in [6.07, 6.45) is 0. The number of nitrogens with one attached hydrogen (secondary N) is 2. The molecule has 1 heterocycles. The SMILES string of the molecule is O=C(CSc1c(=O)o[nH][n+]1-c1ccccc1)Nc1cccc(C(=O)O)c1. The van der Waals surface area contributed by atoms with E-state index in [1.54, 1.807) is 18.2 Å². The Morgan fingerprint density at radius 2 is 1.92 bits per heavy atom. The summed E-state index contributed by atoms with van der Waals surface area (Å²) in [5.41, 5.74) is 0.547. The van der Waals surface area contributed by atoms with E-state index in [-0.39, 0.29) is 22.2 Å². The number of carboxylic acid groups (broad SMARTS) is 1. The fourth-order valence-corrected chi connectivity index (χ4v) is 2.97. The number of aromatic nitrogens is 2. The number of H-pyrrole nitrogens is 1. The Kier molecular flexibility index (Phi) is 5.18. The molecule has 0 unspecified atom stereocenters. The molecule has 1 amide bonds. The monoisotopic (exact) mass is 372 g/mol. The Hall–Kier alpha value is -3.33. The minimum Gasteiger partial charge on any atom is -0.478 e. The zero-order chi connectivity index (χ0) is 18.5. The summed E-state index contributed by atoms with van der Waals surface area (Å²) in [5.74, 6) is -1.51. The van der Waals surface area contributed by atoms with E-state index in [2.05, 4.69) is 10.6 Å². The van der Waals surface area contributed by atoms with E-state index in [0.29, 0.717) is 11.4 Å². The van der Waals surface area contributed by atoms with Crippen LogP contribution in [0.2, 0.25) is 0 Å². The summed E-state index contributed by atoms with van der Waals surface area (Å²) in [4.78, 5) is 34.9. The Morgan fingerprint density at radius 3 is 2.65 bits per heavy atom. The molecule has 3 rings (SSSR count). The standard InChI is InChI=1S/C17H13N3O5S/c21-14(18-12-6-4-5-11(9-12)16(22)23)10-26-15-17(24)25-19-20(15)13-7-2-1-3-8-13/h1-9H,10H2,(H2-,18,19,21,22,23,24)/p+1. The Balaban J connectivity index is 1.69. The van der Waals surface area contributed by atoms with Crippen LogP contribution in [0.1, 0.15) is 10.4 Å². The summed E-state index contributed by atoms with van der Waals surface area (Å²) < 4.78 is 6.26. The molecule has 0 fully saturated rings. The van der Waals surface area contributed by atoms with E-state index in [9.17, 15) is 14.4 Å². The summed E-state index contributed by atoms with van der Waals surface area (Å²) >= 11 is 1.01. The second-order valence-electron chi connectivity index (χ2n) is 5.18. The lowest BCUT2D eigenvalue weighted by Crippen LogP contribution is -2.36. The van der Waals surface area contributed by atoms with Crippen molar-refractivity contribution in [1.82, 2.24) is 5.27 Å². The van der Waals surface area contributed by atoms with Crippen LogP contribution in [0, 0.1) is 0 Å². The van der Waals surface area contributed by atoms with Crippen molar-refractivity contribution in [3.05, 3.63) is 70.6 Å². The largest absolute Gasteiger partial charge is 0.478 e. The van der Waals surface area contributed by atoms with E-state index < -0.39 is 11.6 Å². The number of carbonyl (C=O) groups is 2. The molecule has 1 aromatic heterocycles. The van der Waals surface area contributed by atoms with Gasteiger partial charge in [-0.2, -0.15) is 0 Å². The lowest BCUT2D eigenvalue weighted by molar-refractivity contribution is -0.704. The minimum absolute atomic E-state index is 0.0489. The smallest absolute Gasteiger partial charge is 0.442 e. The Bertz CT molecular complexity index is 997. The number of hydrogen-bond acceptors (Lipinski definition) is 5. The number of aromatic carboxylic acids is 1. The van der Waals surface area contributed by atoms with Crippen molar-refractivity contribution in [2.24, 2.45) is 0 Å². The lowest BCUT2D eigenvalue weighted by atomic mass is 10.2. The van der Waals surface area contributed by atoms with Gasteiger partial charge in [-0.25, -0.2) is 9.59 Å². The van der Waals surface area contributed by atoms with Gasteiger partial charge in [0, 0.05) is 17.8 Å². The third-order valence-corrected chi connectivity index (χ3v) is 4.38. The number of anilines is 1. The van der Waals surface area contributed by atoms with E-state index >= 15 is 0 Å². The summed E-state index contributed by atoms with van der Waals surface area (Å²) in [5, 5.41) is 14.3. The van der Waals surface area contributed by atoms with Crippen molar-refractivity contribution in [2.75, 3.05) is 11.1 Å². The molecule has 8 nitrogen and oxygen atoms in total. The maximum absolute atomic E-state index is 12.1. The molecule has 0 saturated carbocycles. The lowest BCUT2D eigenvalue weighted by Gasteiger charge is -2.04. The molecule has 0 spiro atoms. The second kappa shape index (κ2) is 7.70. The van der Waals surface area contributed by atoms with Gasteiger partial charge >= 0.3 is 16.6 Å². The molecule has 2 aromatic carbocycles. The Morgan fingerprint density at radius 1 is 1.15 bits per heavy atom. The quantitative estimate of drug-likeness (QED) is 0.448. The summed E-state index contributed by atoms with van der Waals surface area (Å²) in [7, 11) is 0. The topological polar surface area (TPSA) is 116 Å². The van der Waals surface area contributed by atoms with E-state index in [1.165, 1.54) is 22.9 Å². The van der Waals surface area contributed by atoms with Gasteiger partial charge in [0.1, 0.15) is 0 Å². The van der Waals surface area contributed by atoms with Crippen LogP contribution < -0.4 is 15.6 Å². The van der Waals surface area contributed by atoms with Gasteiger partial charge in [0.25, 0.3) is 0 Å². The number of nitrogens with zero attached hydrogens (tertiary/aromatic N) is 1. The van der Waals surface area contributed by atoms with Crippen molar-refractivity contribution < 1.29 is 23.9 Å². The van der Waals surface area contributed by atoms with Crippen molar-refractivity contribution in [2.45, 2.75) is 5.03 Å². The van der Waals surface area contributed by atoms with Gasteiger partial charge in [-0.05, 0) is 39.9 Å². The van der Waals surface area contributed by atoms with E-state index in [0.717, 1.165) is 11.8 Å². The van der Waals surface area contributed by atoms with Gasteiger partial charge < -0.3 is 10.4 Å². The number of benzene rings is 2. The predicted molar refractivity (Wildman–Crippen MR) is 93.6 cm³/mol. The number of thioether (sulfide) groups is 1. The molecule has 26 heavy (non-hydrogen) atoms. The van der Waals surface area contributed by atoms with E-state index in [4.69, 9.17) is 9.63 Å². The summed E-state index contributed by atoms with van der Waals surface area (Å²) in [6, 6.07) is 14.9. The zero-order valence-corrected chi connectivity index (χ0v) is 14.2. The van der Waals surface area contributed by atoms with Crippen LogP contribution in [0.15, 0.2) is 68.9 Å². The van der Waals surface area contributed by atoms with Gasteiger partial charge in [-0.1, -0.05) is 24.3 Å². The van der Waals surface area contributed by atoms with Gasteiger partial charge in [0.15, 0.2) is 0 Å². The van der Waals surface area contributed by atoms with Crippen molar-refractivity contribution >= 4 is 29.3 Å². The summed E-state index contributed by atoms with van der Waals surface area (Å²) in [6.45, 7) is 0. The highest BCUT2D eigenvalue weighted by Gasteiger charge is 2.24. The Labute approximate surface area is 151 Å². The normalized spacial score (nSPS) is 10.5. The molecule has 0 radical (unpaired) electrons. The van der Waals surface area contributed by atoms with Gasteiger partial charge in [-0.3, -0.25) is 9.32 Å². The molecular formula is C17H14N3O5S+. The van der Waals surface area contributed by atoms with Crippen molar-refractivity contribution in [1.29, 1.82) is 0 Å². The molecule has 0 aliphatic carbocycles. The first-order valence-corrected chi connectivity index (χ1v) is 8.48. The van der Waals surface area contributed by atoms with Crippen LogP contribution in [-0.4, -0.2) is 28.0 Å². The predicted octanol–water partition coefficient (Wildman–Crippen LogP) is 1.67. The molecule has 3 aromatic rings. The van der Waals surface area contributed by atoms with Crippen molar-refractivity contribution in [3.8, 4) is 5.69 Å². The van der Waals surface area contributed by atoms with Crippen LogP contribution in [0.25, 0.3) is 5.69 Å². The molecule has 0 bridgehead atoms. The van der Waals surface area contributed by atoms with Crippen LogP contribution in [-0.2, 0) is 4.79 Å². The highest BCUT2D eigenvalue weighted by Crippen LogP contribution is 2.14. The molecule has 132 valence electrons. The first kappa shape index (κ1) is 17.5. The highest BCUT2D eigenvalue weighted by atomic mass is 32.2. The highest BCUT2D eigenvalue weighted by molar-refractivity contribution is 7.99. The molecule has 0 aliphatic heterocycles. The number of para-hydroxylation sites is 1. The average Bonchev–Trinajstić information content (AvgIpc) is 3.01. The molecule has 0 atom stereocenters. The van der Waals surface area contributed by atoms with Gasteiger partial charge in [0.2, 0.25) is 11.6 Å². The molecule has 3 N–H and O–H groups in total. The average molecular weight is 372 g/mol. The number of amides is 1. The zero-order valence-electron chi connectivity index (χ0n) is 13.3. The number of hydrogen-bond donors (Lipinski definition) is 3. The molecular weight excluding hydrogens is 358 g/mol. The van der Waals surface area contributed by atoms with E-state index in [1.807, 2.05) is 18.2 Å². The van der Waals surface area contributed by atoms with Crippen LogP contribution in [0.5, 0.6) is 0 Å². The number of carboxylic acids is 1. The third-order valence-electron chi connectivity index (χ3n) is 3.35. The number of aromatic amines is 1. The van der Waals surface area contributed by atoms with Crippen molar-refractivity contribution in [3.63, 3.8) is 0 Å². The van der Waals surface area contributed by atoms with Crippen LogP contribution in [0.3, 0.4) is 0 Å². The molecule has 0 aliphatic rings.